The molecule has 5 heteroatoms. The zero-order valence-corrected chi connectivity index (χ0v) is 11.0. The molecule has 2 nitrogen and oxygen atoms in total. The molecule has 1 N–H and O–H groups in total. The van der Waals surface area contributed by atoms with Crippen LogP contribution in [0.2, 0.25) is 0 Å². The number of hydrogen-bond donors (Lipinski definition) is 1. The Morgan fingerprint density at radius 2 is 1.75 bits per heavy atom. The van der Waals surface area contributed by atoms with E-state index in [1.165, 1.54) is 18.2 Å². The molecule has 0 aromatic heterocycles. The summed E-state index contributed by atoms with van der Waals surface area (Å²) in [6.45, 7) is 0. The number of rotatable bonds is 3. The van der Waals surface area contributed by atoms with Crippen molar-refractivity contribution >= 4 is 5.78 Å². The smallest absolute Gasteiger partial charge is 0.381 e. The number of aliphatic hydroxyl groups excluding tert-OH is 1. The zero-order chi connectivity index (χ0) is 14.8. The zero-order valence-electron chi connectivity index (χ0n) is 11.0. The molecule has 0 spiro atoms. The van der Waals surface area contributed by atoms with Gasteiger partial charge in [0.05, 0.1) is 5.56 Å². The number of carbonyl (C=O) groups is 1. The molecule has 2 rings (SSSR count). The number of hydrogen-bond acceptors (Lipinski definition) is 2. The van der Waals surface area contributed by atoms with Gasteiger partial charge in [-0.2, -0.15) is 13.2 Å². The van der Waals surface area contributed by atoms with Gasteiger partial charge in [-0.3, -0.25) is 4.79 Å². The van der Waals surface area contributed by atoms with Crippen molar-refractivity contribution in [3.05, 3.63) is 35.4 Å². The van der Waals surface area contributed by atoms with E-state index < -0.39 is 23.6 Å². The molecular formula is C15H17F3O2. The molecule has 1 atom stereocenters. The van der Waals surface area contributed by atoms with Gasteiger partial charge in [0.15, 0.2) is 5.78 Å². The summed E-state index contributed by atoms with van der Waals surface area (Å²) in [6.07, 6.45) is -2.11. The normalized spacial score (nSPS) is 18.8. The first-order chi connectivity index (χ1) is 9.41. The number of halogens is 3. The lowest BCUT2D eigenvalue weighted by molar-refractivity contribution is -0.141. The van der Waals surface area contributed by atoms with Gasteiger partial charge in [-0.1, -0.05) is 37.5 Å². The fraction of sp³-hybridized carbons (Fsp3) is 0.533. The van der Waals surface area contributed by atoms with E-state index in [9.17, 15) is 23.1 Å². The van der Waals surface area contributed by atoms with Crippen molar-refractivity contribution in [3.63, 3.8) is 0 Å². The predicted molar refractivity (Wildman–Crippen MR) is 68.0 cm³/mol. The molecule has 0 amide bonds. The molecule has 0 bridgehead atoms. The first-order valence-electron chi connectivity index (χ1n) is 6.79. The van der Waals surface area contributed by atoms with Gasteiger partial charge < -0.3 is 5.11 Å². The third kappa shape index (κ3) is 3.20. The standard InChI is InChI=1S/C15H17F3O2/c16-15(17,18)12-9-5-4-8-11(12)14(20)13(19)10-6-2-1-3-7-10/h4-5,8-10,14,20H,1-3,6-7H2. The third-order valence-corrected chi connectivity index (χ3v) is 3.84. The van der Waals surface area contributed by atoms with Crippen molar-refractivity contribution in [1.29, 1.82) is 0 Å². The van der Waals surface area contributed by atoms with Crippen LogP contribution in [0.1, 0.15) is 49.3 Å². The van der Waals surface area contributed by atoms with Crippen molar-refractivity contribution in [1.82, 2.24) is 0 Å². The summed E-state index contributed by atoms with van der Waals surface area (Å²) < 4.78 is 38.7. The average Bonchev–Trinajstić information content (AvgIpc) is 2.46. The minimum atomic E-state index is -4.57. The maximum atomic E-state index is 12.9. The fourth-order valence-corrected chi connectivity index (χ4v) is 2.76. The lowest BCUT2D eigenvalue weighted by Gasteiger charge is -2.24. The van der Waals surface area contributed by atoms with Crippen LogP contribution in [0.3, 0.4) is 0 Å². The Morgan fingerprint density at radius 1 is 1.15 bits per heavy atom. The summed E-state index contributed by atoms with van der Waals surface area (Å²) in [5.74, 6) is -0.804. The lowest BCUT2D eigenvalue weighted by atomic mass is 9.82. The van der Waals surface area contributed by atoms with Gasteiger partial charge in [0.1, 0.15) is 6.10 Å². The predicted octanol–water partition coefficient (Wildman–Crippen LogP) is 3.89. The van der Waals surface area contributed by atoms with Gasteiger partial charge in [-0.25, -0.2) is 0 Å². The summed E-state index contributed by atoms with van der Waals surface area (Å²) >= 11 is 0. The Hall–Kier alpha value is -1.36. The van der Waals surface area contributed by atoms with Crippen molar-refractivity contribution in [3.8, 4) is 0 Å². The lowest BCUT2D eigenvalue weighted by Crippen LogP contribution is -2.26. The molecule has 1 aliphatic rings. The highest BCUT2D eigenvalue weighted by atomic mass is 19.4. The van der Waals surface area contributed by atoms with E-state index >= 15 is 0 Å². The number of benzene rings is 1. The third-order valence-electron chi connectivity index (χ3n) is 3.84. The van der Waals surface area contributed by atoms with Crippen LogP contribution in [0.4, 0.5) is 13.2 Å². The number of Topliss-reactive ketones (excluding diaryl/α,β-unsaturated/α-hetero) is 1. The van der Waals surface area contributed by atoms with E-state index in [2.05, 4.69) is 0 Å². The minimum absolute atomic E-state index is 0.319. The molecule has 0 radical (unpaired) electrons. The maximum absolute atomic E-state index is 12.9. The largest absolute Gasteiger partial charge is 0.416 e. The molecule has 0 heterocycles. The monoisotopic (exact) mass is 286 g/mol. The highest BCUT2D eigenvalue weighted by Gasteiger charge is 2.37. The highest BCUT2D eigenvalue weighted by Crippen LogP contribution is 2.36. The molecule has 0 saturated heterocycles. The highest BCUT2D eigenvalue weighted by molar-refractivity contribution is 5.86. The van der Waals surface area contributed by atoms with Crippen molar-refractivity contribution < 1.29 is 23.1 Å². The summed E-state index contributed by atoms with van der Waals surface area (Å²) in [5, 5.41) is 10.0. The molecule has 1 aliphatic carbocycles. The molecule has 20 heavy (non-hydrogen) atoms. The number of alkyl halides is 3. The van der Waals surface area contributed by atoms with Crippen LogP contribution in [0, 0.1) is 5.92 Å². The van der Waals surface area contributed by atoms with E-state index in [1.807, 2.05) is 0 Å². The van der Waals surface area contributed by atoms with Gasteiger partial charge in [-0.05, 0) is 18.9 Å². The minimum Gasteiger partial charge on any atom is -0.381 e. The maximum Gasteiger partial charge on any atom is 0.416 e. The Morgan fingerprint density at radius 3 is 2.35 bits per heavy atom. The number of ketones is 1. The van der Waals surface area contributed by atoms with Crippen molar-refractivity contribution in [2.45, 2.75) is 44.4 Å². The van der Waals surface area contributed by atoms with Crippen LogP contribution < -0.4 is 0 Å². The molecule has 1 fully saturated rings. The number of aliphatic hydroxyl groups is 1. The van der Waals surface area contributed by atoms with Crippen LogP contribution in [0.25, 0.3) is 0 Å². The van der Waals surface area contributed by atoms with E-state index in [1.54, 1.807) is 0 Å². The Kier molecular flexibility index (Phi) is 4.48. The van der Waals surface area contributed by atoms with Gasteiger partial charge in [0.2, 0.25) is 0 Å². The van der Waals surface area contributed by atoms with E-state index in [0.717, 1.165) is 25.3 Å². The van der Waals surface area contributed by atoms with Crippen LogP contribution >= 0.6 is 0 Å². The second-order valence-corrected chi connectivity index (χ2v) is 5.22. The van der Waals surface area contributed by atoms with Gasteiger partial charge >= 0.3 is 6.18 Å². The summed E-state index contributed by atoms with van der Waals surface area (Å²) in [5.41, 5.74) is -1.27. The van der Waals surface area contributed by atoms with Gasteiger partial charge in [-0.15, -0.1) is 0 Å². The Bertz CT molecular complexity index is 476. The first-order valence-corrected chi connectivity index (χ1v) is 6.79. The summed E-state index contributed by atoms with van der Waals surface area (Å²) in [4.78, 5) is 12.2. The molecule has 1 aromatic rings. The Balaban J connectivity index is 2.24. The molecule has 110 valence electrons. The second kappa shape index (κ2) is 5.95. The SMILES string of the molecule is O=C(C1CCCCC1)C(O)c1ccccc1C(F)(F)F. The summed E-state index contributed by atoms with van der Waals surface area (Å²) in [6, 6.07) is 4.73. The molecule has 0 aliphatic heterocycles. The second-order valence-electron chi connectivity index (χ2n) is 5.22. The van der Waals surface area contributed by atoms with Crippen molar-refractivity contribution in [2.75, 3.05) is 0 Å². The molecule has 1 aromatic carbocycles. The summed E-state index contributed by atoms with van der Waals surface area (Å²) in [7, 11) is 0. The molecule has 1 unspecified atom stereocenters. The van der Waals surface area contributed by atoms with E-state index in [-0.39, 0.29) is 11.5 Å². The van der Waals surface area contributed by atoms with Crippen LogP contribution in [0.15, 0.2) is 24.3 Å². The average molecular weight is 286 g/mol. The van der Waals surface area contributed by atoms with Crippen LogP contribution in [0.5, 0.6) is 0 Å². The fourth-order valence-electron chi connectivity index (χ4n) is 2.76. The van der Waals surface area contributed by atoms with Crippen molar-refractivity contribution in [2.24, 2.45) is 5.92 Å². The van der Waals surface area contributed by atoms with Gasteiger partial charge in [0.25, 0.3) is 0 Å². The first kappa shape index (κ1) is 15.0. The van der Waals surface area contributed by atoms with E-state index in [4.69, 9.17) is 0 Å². The quantitative estimate of drug-likeness (QED) is 0.915. The van der Waals surface area contributed by atoms with E-state index in [0.29, 0.717) is 12.8 Å². The topological polar surface area (TPSA) is 37.3 Å². The number of carbonyl (C=O) groups excluding carboxylic acids is 1. The van der Waals surface area contributed by atoms with Crippen LogP contribution in [-0.2, 0) is 11.0 Å². The van der Waals surface area contributed by atoms with Crippen LogP contribution in [-0.4, -0.2) is 10.9 Å². The van der Waals surface area contributed by atoms with Gasteiger partial charge in [0, 0.05) is 11.5 Å². The molecule has 1 saturated carbocycles. The Labute approximate surface area is 115 Å². The molecular weight excluding hydrogens is 269 g/mol.